The molecule has 1 heterocycles. The Morgan fingerprint density at radius 2 is 2.05 bits per heavy atom. The molecule has 0 saturated heterocycles. The second kappa shape index (κ2) is 5.59. The van der Waals surface area contributed by atoms with Crippen molar-refractivity contribution in [3.8, 4) is 0 Å². The number of rotatable bonds is 5. The zero-order valence-corrected chi connectivity index (χ0v) is 11.7. The molecule has 3 rings (SSSR count). The van der Waals surface area contributed by atoms with E-state index in [0.29, 0.717) is 6.54 Å². The van der Waals surface area contributed by atoms with E-state index in [2.05, 4.69) is 29.6 Å². The molecular weight excluding hydrogens is 250 g/mol. The largest absolute Gasteiger partial charge is 0.386 e. The van der Waals surface area contributed by atoms with Gasteiger partial charge in [0.15, 0.2) is 0 Å². The minimum atomic E-state index is -0.351. The van der Waals surface area contributed by atoms with Gasteiger partial charge in [-0.2, -0.15) is 0 Å². The first-order valence-electron chi connectivity index (χ1n) is 7.23. The molecule has 1 unspecified atom stereocenters. The normalized spacial score (nSPS) is 14.8. The number of unbranched alkanes of at least 4 members (excludes halogenated alkanes) is 1. The van der Waals surface area contributed by atoms with Gasteiger partial charge < -0.3 is 5.11 Å². The van der Waals surface area contributed by atoms with Gasteiger partial charge in [0.25, 0.3) is 0 Å². The van der Waals surface area contributed by atoms with Gasteiger partial charge in [0.1, 0.15) is 17.5 Å². The number of hydrazine groups is 1. The summed E-state index contributed by atoms with van der Waals surface area (Å²) in [6.45, 7) is 2.64. The van der Waals surface area contributed by atoms with Crippen molar-refractivity contribution in [3.63, 3.8) is 0 Å². The fourth-order valence-corrected chi connectivity index (χ4v) is 2.61. The van der Waals surface area contributed by atoms with Crippen LogP contribution in [0.25, 0.3) is 10.8 Å². The van der Waals surface area contributed by atoms with Crippen molar-refractivity contribution in [3.05, 3.63) is 36.4 Å². The van der Waals surface area contributed by atoms with Gasteiger partial charge in [-0.25, -0.2) is 0 Å². The van der Waals surface area contributed by atoms with E-state index < -0.39 is 0 Å². The van der Waals surface area contributed by atoms with E-state index in [-0.39, 0.29) is 6.10 Å². The van der Waals surface area contributed by atoms with E-state index in [1.165, 1.54) is 5.39 Å². The number of nitrogens with zero attached hydrogens (tertiary/aromatic N) is 2. The first-order chi connectivity index (χ1) is 9.78. The molecule has 104 valence electrons. The van der Waals surface area contributed by atoms with Crippen molar-refractivity contribution < 1.29 is 9.91 Å². The molecule has 1 aliphatic heterocycles. The first-order valence-corrected chi connectivity index (χ1v) is 7.23. The van der Waals surface area contributed by atoms with Crippen LogP contribution in [0.3, 0.4) is 0 Å². The number of aliphatic hydroxyl groups excluding tert-OH is 1. The van der Waals surface area contributed by atoms with Crippen LogP contribution in [0, 0.1) is 0 Å². The second-order valence-corrected chi connectivity index (χ2v) is 5.27. The highest BCUT2D eigenvalue weighted by Gasteiger charge is 2.22. The summed E-state index contributed by atoms with van der Waals surface area (Å²) in [5.74, 6) is 0. The molecule has 2 aromatic carbocycles. The van der Waals surface area contributed by atoms with Gasteiger partial charge in [0.2, 0.25) is 6.54 Å². The van der Waals surface area contributed by atoms with E-state index >= 15 is 0 Å². The van der Waals surface area contributed by atoms with Crippen LogP contribution in [0.4, 0.5) is 11.4 Å². The number of azo groups is 1. The molecule has 2 N–H and O–H groups in total. The maximum Gasteiger partial charge on any atom is 0.226 e. The molecule has 0 amide bonds. The quantitative estimate of drug-likeness (QED) is 0.811. The standard InChI is InChI=1S/C16H20N3O/c1-2-3-8-13(20)11-19-17-14-9-4-6-12-7-5-10-15(18-19)16(12)14/h4-7,9-10,13,20H,2-3,8,11H2,1H3,(H,17,18)/q+1. The van der Waals surface area contributed by atoms with Crippen LogP contribution in [-0.2, 0) is 0 Å². The summed E-state index contributed by atoms with van der Waals surface area (Å²) in [6, 6.07) is 12.3. The highest BCUT2D eigenvalue weighted by atomic mass is 16.3. The lowest BCUT2D eigenvalue weighted by Crippen LogP contribution is -2.29. The summed E-state index contributed by atoms with van der Waals surface area (Å²) in [4.78, 5) is 1.75. The predicted octanol–water partition coefficient (Wildman–Crippen LogP) is 3.83. The molecule has 1 aliphatic rings. The maximum atomic E-state index is 10.0. The summed E-state index contributed by atoms with van der Waals surface area (Å²) in [5, 5.41) is 16.9. The van der Waals surface area contributed by atoms with Crippen LogP contribution in [0.2, 0.25) is 0 Å². The van der Waals surface area contributed by atoms with Crippen molar-refractivity contribution in [1.82, 2.24) is 0 Å². The number of benzene rings is 2. The van der Waals surface area contributed by atoms with Crippen LogP contribution in [-0.4, -0.2) is 22.6 Å². The number of hydrogen-bond acceptors (Lipinski definition) is 3. The average Bonchev–Trinajstić information content (AvgIpc) is 2.45. The summed E-state index contributed by atoms with van der Waals surface area (Å²) < 4.78 is 0. The lowest BCUT2D eigenvalue weighted by atomic mass is 10.1. The van der Waals surface area contributed by atoms with Crippen molar-refractivity contribution >= 4 is 22.1 Å². The predicted molar refractivity (Wildman–Crippen MR) is 80.3 cm³/mol. The SMILES string of the molecule is CCCCC(O)C[N+]1=Nc2cccc3cccc(c23)N1. The monoisotopic (exact) mass is 270 g/mol. The molecule has 1 atom stereocenters. The molecule has 0 fully saturated rings. The van der Waals surface area contributed by atoms with Crippen molar-refractivity contribution in [2.45, 2.75) is 32.3 Å². The maximum absolute atomic E-state index is 10.0. The summed E-state index contributed by atoms with van der Waals surface area (Å²) in [6.07, 6.45) is 2.61. The molecule has 0 spiro atoms. The van der Waals surface area contributed by atoms with Crippen LogP contribution in [0.15, 0.2) is 41.5 Å². The zero-order valence-electron chi connectivity index (χ0n) is 11.7. The second-order valence-electron chi connectivity index (χ2n) is 5.27. The van der Waals surface area contributed by atoms with E-state index in [1.807, 2.05) is 24.3 Å². The Balaban J connectivity index is 1.86. The van der Waals surface area contributed by atoms with Crippen LogP contribution < -0.4 is 5.43 Å². The zero-order chi connectivity index (χ0) is 13.9. The Morgan fingerprint density at radius 1 is 1.25 bits per heavy atom. The van der Waals surface area contributed by atoms with E-state index in [4.69, 9.17) is 0 Å². The molecule has 4 nitrogen and oxygen atoms in total. The van der Waals surface area contributed by atoms with Gasteiger partial charge >= 0.3 is 0 Å². The Labute approximate surface area is 118 Å². The first kappa shape index (κ1) is 13.1. The average molecular weight is 270 g/mol. The fraction of sp³-hybridized carbons (Fsp3) is 0.375. The van der Waals surface area contributed by atoms with E-state index in [0.717, 1.165) is 36.0 Å². The molecule has 4 heteroatoms. The van der Waals surface area contributed by atoms with Crippen LogP contribution in [0.5, 0.6) is 0 Å². The number of β-amino-alcohol motifs (C(OH)–C–C–N with tert-alkyl or cyclic N) is 1. The summed E-state index contributed by atoms with van der Waals surface area (Å²) in [7, 11) is 0. The fourth-order valence-electron chi connectivity index (χ4n) is 2.61. The number of hydrogen-bond donors (Lipinski definition) is 2. The highest BCUT2D eigenvalue weighted by molar-refractivity contribution is 6.01. The van der Waals surface area contributed by atoms with E-state index in [1.54, 1.807) is 4.81 Å². The molecule has 0 bridgehead atoms. The molecule has 0 aliphatic carbocycles. The molecular formula is C16H20N3O+. The topological polar surface area (TPSA) is 47.6 Å². The van der Waals surface area contributed by atoms with Crippen LogP contribution >= 0.6 is 0 Å². The Bertz CT molecular complexity index is 646. The smallest absolute Gasteiger partial charge is 0.226 e. The van der Waals surface area contributed by atoms with Gasteiger partial charge in [0, 0.05) is 10.5 Å². The number of nitrogens with one attached hydrogen (secondary N) is 1. The molecule has 2 aromatic rings. The lowest BCUT2D eigenvalue weighted by Gasteiger charge is -2.14. The van der Waals surface area contributed by atoms with Gasteiger partial charge in [-0.1, -0.05) is 44.0 Å². The van der Waals surface area contributed by atoms with Crippen molar-refractivity contribution in [1.29, 1.82) is 0 Å². The third kappa shape index (κ3) is 2.51. The summed E-state index contributed by atoms with van der Waals surface area (Å²) >= 11 is 0. The van der Waals surface area contributed by atoms with Gasteiger partial charge in [-0.3, -0.25) is 0 Å². The Hall–Kier alpha value is -1.94. The van der Waals surface area contributed by atoms with Crippen molar-refractivity contribution in [2.24, 2.45) is 5.11 Å². The number of aliphatic hydroxyl groups is 1. The minimum absolute atomic E-state index is 0.351. The third-order valence-corrected chi connectivity index (χ3v) is 3.64. The minimum Gasteiger partial charge on any atom is -0.386 e. The molecule has 0 aromatic heterocycles. The highest BCUT2D eigenvalue weighted by Crippen LogP contribution is 2.35. The van der Waals surface area contributed by atoms with Gasteiger partial charge in [0.05, 0.1) is 0 Å². The van der Waals surface area contributed by atoms with Crippen LogP contribution in [0.1, 0.15) is 26.2 Å². The molecule has 0 radical (unpaired) electrons. The van der Waals surface area contributed by atoms with Gasteiger partial charge in [-0.15, -0.1) is 5.43 Å². The van der Waals surface area contributed by atoms with Crippen molar-refractivity contribution in [2.75, 3.05) is 12.0 Å². The lowest BCUT2D eigenvalue weighted by molar-refractivity contribution is -0.569. The third-order valence-electron chi connectivity index (χ3n) is 3.64. The Morgan fingerprint density at radius 3 is 2.85 bits per heavy atom. The Kier molecular flexibility index (Phi) is 3.65. The van der Waals surface area contributed by atoms with Gasteiger partial charge in [-0.05, 0) is 28.7 Å². The molecule has 0 saturated carbocycles. The van der Waals surface area contributed by atoms with E-state index in [9.17, 15) is 5.11 Å². The number of anilines is 1. The molecule has 20 heavy (non-hydrogen) atoms. The summed E-state index contributed by atoms with van der Waals surface area (Å²) in [5.41, 5.74) is 5.28.